The van der Waals surface area contributed by atoms with Crippen molar-refractivity contribution in [3.05, 3.63) is 59.4 Å². The molecule has 0 spiro atoms. The van der Waals surface area contributed by atoms with E-state index < -0.39 is 11.7 Å². The summed E-state index contributed by atoms with van der Waals surface area (Å²) in [5, 5.41) is 11.7. The maximum atomic E-state index is 13.5. The number of aryl methyl sites for hydroxylation is 1. The minimum Gasteiger partial charge on any atom is -0.508 e. The summed E-state index contributed by atoms with van der Waals surface area (Å²) in [5.41, 5.74) is 1.61. The Morgan fingerprint density at radius 1 is 1.26 bits per heavy atom. The van der Waals surface area contributed by atoms with Gasteiger partial charge >= 0.3 is 0 Å². The van der Waals surface area contributed by atoms with Gasteiger partial charge in [-0.2, -0.15) is 0 Å². The summed E-state index contributed by atoms with van der Waals surface area (Å²) in [7, 11) is 0. The van der Waals surface area contributed by atoms with Gasteiger partial charge in [-0.05, 0) is 36.2 Å². The van der Waals surface area contributed by atoms with Crippen molar-refractivity contribution in [3.8, 4) is 5.75 Å². The molecule has 0 aliphatic carbocycles. The molecule has 0 aromatic heterocycles. The predicted molar refractivity (Wildman–Crippen MR) is 71.8 cm³/mol. The van der Waals surface area contributed by atoms with E-state index in [2.05, 4.69) is 5.32 Å². The summed E-state index contributed by atoms with van der Waals surface area (Å²) in [6.07, 6.45) is 0.858. The zero-order chi connectivity index (χ0) is 13.8. The molecule has 2 rings (SSSR count). The third-order valence-corrected chi connectivity index (χ3v) is 2.79. The van der Waals surface area contributed by atoms with Crippen LogP contribution in [0, 0.1) is 5.82 Å². The van der Waals surface area contributed by atoms with Crippen molar-refractivity contribution in [1.29, 1.82) is 0 Å². The highest BCUT2D eigenvalue weighted by Gasteiger charge is 2.12. The van der Waals surface area contributed by atoms with Crippen LogP contribution in [0.25, 0.3) is 0 Å². The van der Waals surface area contributed by atoms with Crippen LogP contribution in [0.5, 0.6) is 5.75 Å². The number of nitrogens with one attached hydrogen (secondary N) is 1. The van der Waals surface area contributed by atoms with E-state index in [1.165, 1.54) is 12.1 Å². The third-order valence-electron chi connectivity index (χ3n) is 2.79. The number of carbonyl (C=O) groups excluding carboxylic acids is 1. The summed E-state index contributed by atoms with van der Waals surface area (Å²) in [6, 6.07) is 10.8. The predicted octanol–water partition coefficient (Wildman–Crippen LogP) is 3.35. The van der Waals surface area contributed by atoms with E-state index in [0.29, 0.717) is 5.69 Å². The van der Waals surface area contributed by atoms with Crippen molar-refractivity contribution in [2.24, 2.45) is 0 Å². The number of halogens is 1. The lowest BCUT2D eigenvalue weighted by molar-refractivity contribution is 0.102. The summed E-state index contributed by atoms with van der Waals surface area (Å²) in [6.45, 7) is 2.01. The number of carbonyl (C=O) groups is 1. The van der Waals surface area contributed by atoms with Crippen LogP contribution in [0.3, 0.4) is 0 Å². The van der Waals surface area contributed by atoms with Gasteiger partial charge in [0.2, 0.25) is 0 Å². The minimum atomic E-state index is -0.746. The molecule has 0 saturated carbocycles. The van der Waals surface area contributed by atoms with Crippen LogP contribution in [0.4, 0.5) is 10.1 Å². The number of amides is 1. The molecule has 98 valence electrons. The molecule has 2 aromatic rings. The SMILES string of the molecule is CCc1cccc(NC(=O)c2ccc(O)cc2F)c1. The number of phenolic OH excluding ortho intramolecular Hbond substituents is 1. The smallest absolute Gasteiger partial charge is 0.258 e. The molecular formula is C15H14FNO2. The van der Waals surface area contributed by atoms with Crippen molar-refractivity contribution >= 4 is 11.6 Å². The number of aromatic hydroxyl groups is 1. The zero-order valence-corrected chi connectivity index (χ0v) is 10.5. The average molecular weight is 259 g/mol. The molecule has 0 heterocycles. The number of hydrogen-bond acceptors (Lipinski definition) is 2. The highest BCUT2D eigenvalue weighted by molar-refractivity contribution is 6.04. The Kier molecular flexibility index (Phi) is 3.80. The molecule has 19 heavy (non-hydrogen) atoms. The van der Waals surface area contributed by atoms with Gasteiger partial charge in [-0.25, -0.2) is 4.39 Å². The Morgan fingerprint density at radius 3 is 2.74 bits per heavy atom. The van der Waals surface area contributed by atoms with Gasteiger partial charge in [0, 0.05) is 11.8 Å². The van der Waals surface area contributed by atoms with Gasteiger partial charge in [0.25, 0.3) is 5.91 Å². The second kappa shape index (κ2) is 5.52. The zero-order valence-electron chi connectivity index (χ0n) is 10.5. The van der Waals surface area contributed by atoms with Gasteiger partial charge in [0.1, 0.15) is 11.6 Å². The normalized spacial score (nSPS) is 10.2. The number of rotatable bonds is 3. The number of phenols is 1. The Bertz CT molecular complexity index is 611. The number of anilines is 1. The standard InChI is InChI=1S/C15H14FNO2/c1-2-10-4-3-5-11(8-10)17-15(19)13-7-6-12(18)9-14(13)16/h3-9,18H,2H2,1H3,(H,17,19). The average Bonchev–Trinajstić information content (AvgIpc) is 2.38. The van der Waals surface area contributed by atoms with E-state index in [1.807, 2.05) is 25.1 Å². The van der Waals surface area contributed by atoms with Crippen LogP contribution in [0.15, 0.2) is 42.5 Å². The second-order valence-electron chi connectivity index (χ2n) is 4.17. The quantitative estimate of drug-likeness (QED) is 0.888. The van der Waals surface area contributed by atoms with E-state index in [-0.39, 0.29) is 11.3 Å². The lowest BCUT2D eigenvalue weighted by Crippen LogP contribution is -2.13. The molecule has 0 radical (unpaired) electrons. The fourth-order valence-corrected chi connectivity index (χ4v) is 1.76. The lowest BCUT2D eigenvalue weighted by Gasteiger charge is -2.07. The molecule has 0 saturated heterocycles. The van der Waals surface area contributed by atoms with Crippen LogP contribution in [0.1, 0.15) is 22.8 Å². The van der Waals surface area contributed by atoms with Crippen molar-refractivity contribution in [2.45, 2.75) is 13.3 Å². The summed E-state index contributed by atoms with van der Waals surface area (Å²) in [4.78, 5) is 11.9. The summed E-state index contributed by atoms with van der Waals surface area (Å²) < 4.78 is 13.5. The van der Waals surface area contributed by atoms with Crippen molar-refractivity contribution in [2.75, 3.05) is 5.32 Å². The van der Waals surface area contributed by atoms with Gasteiger partial charge in [0.15, 0.2) is 0 Å². The van der Waals surface area contributed by atoms with Gasteiger partial charge < -0.3 is 10.4 Å². The maximum Gasteiger partial charge on any atom is 0.258 e. The van der Waals surface area contributed by atoms with Crippen LogP contribution in [-0.4, -0.2) is 11.0 Å². The Labute approximate surface area is 110 Å². The second-order valence-corrected chi connectivity index (χ2v) is 4.17. The molecule has 2 aromatic carbocycles. The molecule has 0 aliphatic heterocycles. The highest BCUT2D eigenvalue weighted by Crippen LogP contribution is 2.17. The van der Waals surface area contributed by atoms with Crippen LogP contribution in [-0.2, 0) is 6.42 Å². The first kappa shape index (κ1) is 13.1. The molecule has 4 heteroatoms. The first-order valence-corrected chi connectivity index (χ1v) is 5.99. The number of hydrogen-bond donors (Lipinski definition) is 2. The van der Waals surface area contributed by atoms with Crippen LogP contribution < -0.4 is 5.32 Å². The molecule has 0 bridgehead atoms. The Morgan fingerprint density at radius 2 is 2.05 bits per heavy atom. The molecule has 0 atom stereocenters. The molecule has 1 amide bonds. The lowest BCUT2D eigenvalue weighted by atomic mass is 10.1. The molecule has 2 N–H and O–H groups in total. The Hall–Kier alpha value is -2.36. The van der Waals surface area contributed by atoms with E-state index in [0.717, 1.165) is 18.1 Å². The topological polar surface area (TPSA) is 49.3 Å². The molecular weight excluding hydrogens is 245 g/mol. The first-order chi connectivity index (χ1) is 9.10. The van der Waals surface area contributed by atoms with E-state index in [9.17, 15) is 9.18 Å². The third kappa shape index (κ3) is 3.10. The van der Waals surface area contributed by atoms with E-state index in [1.54, 1.807) is 6.07 Å². The van der Waals surface area contributed by atoms with Crippen LogP contribution in [0.2, 0.25) is 0 Å². The molecule has 0 fully saturated rings. The van der Waals surface area contributed by atoms with E-state index in [4.69, 9.17) is 5.11 Å². The van der Waals surface area contributed by atoms with Crippen molar-refractivity contribution < 1.29 is 14.3 Å². The van der Waals surface area contributed by atoms with E-state index >= 15 is 0 Å². The fraction of sp³-hybridized carbons (Fsp3) is 0.133. The van der Waals surface area contributed by atoms with Gasteiger partial charge in [0.05, 0.1) is 5.56 Å². The Balaban J connectivity index is 2.20. The summed E-state index contributed by atoms with van der Waals surface area (Å²) >= 11 is 0. The van der Waals surface area contributed by atoms with Gasteiger partial charge in [-0.15, -0.1) is 0 Å². The monoisotopic (exact) mass is 259 g/mol. The van der Waals surface area contributed by atoms with Gasteiger partial charge in [-0.3, -0.25) is 4.79 Å². The van der Waals surface area contributed by atoms with Crippen molar-refractivity contribution in [3.63, 3.8) is 0 Å². The maximum absolute atomic E-state index is 13.5. The largest absolute Gasteiger partial charge is 0.508 e. The van der Waals surface area contributed by atoms with Gasteiger partial charge in [-0.1, -0.05) is 19.1 Å². The summed E-state index contributed by atoms with van der Waals surface area (Å²) in [5.74, 6) is -1.49. The van der Waals surface area contributed by atoms with Crippen LogP contribution >= 0.6 is 0 Å². The minimum absolute atomic E-state index is 0.0975. The molecule has 3 nitrogen and oxygen atoms in total. The number of benzene rings is 2. The van der Waals surface area contributed by atoms with Crippen molar-refractivity contribution in [1.82, 2.24) is 0 Å². The molecule has 0 unspecified atom stereocenters. The molecule has 0 aliphatic rings. The first-order valence-electron chi connectivity index (χ1n) is 5.99. The highest BCUT2D eigenvalue weighted by atomic mass is 19.1. The fourth-order valence-electron chi connectivity index (χ4n) is 1.76.